The van der Waals surface area contributed by atoms with Crippen molar-refractivity contribution in [3.63, 3.8) is 0 Å². The number of unbranched alkanes of at least 4 members (excludes halogenated alkanes) is 16. The molecule has 5 atom stereocenters. The van der Waals surface area contributed by atoms with Gasteiger partial charge in [0.25, 0.3) is 0 Å². The molecule has 7 nitrogen and oxygen atoms in total. The molecule has 2 aromatic carbocycles. The number of benzene rings is 2. The summed E-state index contributed by atoms with van der Waals surface area (Å²) in [6.07, 6.45) is 22.0. The highest BCUT2D eigenvalue weighted by Crippen LogP contribution is 2.24. The van der Waals surface area contributed by atoms with Gasteiger partial charge in [0.05, 0.1) is 6.04 Å². The summed E-state index contributed by atoms with van der Waals surface area (Å²) >= 11 is 0. The molecule has 1 aliphatic heterocycles. The molecule has 0 bridgehead atoms. The number of carbonyl (C=O) groups is 1. The predicted octanol–water partition coefficient (Wildman–Crippen LogP) is 9.17. The number of aryl methyl sites for hydroxylation is 2. The first-order valence-corrected chi connectivity index (χ1v) is 21.2. The second-order valence-corrected chi connectivity index (χ2v) is 15.2. The highest BCUT2D eigenvalue weighted by Gasteiger charge is 2.45. The zero-order chi connectivity index (χ0) is 37.1. The number of carbonyl (C=O) groups excluding carboxylic acids is 1. The van der Waals surface area contributed by atoms with Gasteiger partial charge in [-0.05, 0) is 62.6 Å². The van der Waals surface area contributed by atoms with Crippen LogP contribution in [-0.2, 0) is 27.1 Å². The maximum absolute atomic E-state index is 13.6. The molecule has 0 radical (unpaired) electrons. The molecule has 1 saturated heterocycles. The summed E-state index contributed by atoms with van der Waals surface area (Å²) < 4.78 is 11.9. The Balaban J connectivity index is 1.39. The average molecular weight is 723 g/mol. The van der Waals surface area contributed by atoms with Crippen molar-refractivity contribution in [3.8, 4) is 0 Å². The van der Waals surface area contributed by atoms with Crippen LogP contribution in [0.15, 0.2) is 60.7 Å². The summed E-state index contributed by atoms with van der Waals surface area (Å²) in [7, 11) is 1.57. The van der Waals surface area contributed by atoms with Gasteiger partial charge in [-0.25, -0.2) is 0 Å². The van der Waals surface area contributed by atoms with E-state index in [1.165, 1.54) is 94.6 Å². The summed E-state index contributed by atoms with van der Waals surface area (Å²) in [5, 5.41) is 25.8. The van der Waals surface area contributed by atoms with Crippen LogP contribution in [0, 0.1) is 0 Å². The number of methoxy groups -OCH3 is 1. The molecule has 7 heteroatoms. The van der Waals surface area contributed by atoms with Crippen molar-refractivity contribution in [3.05, 3.63) is 71.8 Å². The molecule has 294 valence electrons. The summed E-state index contributed by atoms with van der Waals surface area (Å²) in [5.41, 5.74) is 2.62. The van der Waals surface area contributed by atoms with E-state index in [4.69, 9.17) is 9.47 Å². The van der Waals surface area contributed by atoms with Gasteiger partial charge in [0.15, 0.2) is 6.29 Å². The van der Waals surface area contributed by atoms with Crippen LogP contribution in [0.25, 0.3) is 0 Å². The molecule has 1 fully saturated rings. The van der Waals surface area contributed by atoms with Crippen LogP contribution in [0.5, 0.6) is 0 Å². The fourth-order valence-electron chi connectivity index (χ4n) is 7.49. The maximum atomic E-state index is 13.6. The third kappa shape index (κ3) is 18.2. The van der Waals surface area contributed by atoms with Crippen LogP contribution in [0.3, 0.4) is 0 Å². The van der Waals surface area contributed by atoms with Gasteiger partial charge in [-0.2, -0.15) is 0 Å². The summed E-state index contributed by atoms with van der Waals surface area (Å²) in [6, 6.07) is 20.3. The molecule has 2 aromatic rings. The molecule has 52 heavy (non-hydrogen) atoms. The highest BCUT2D eigenvalue weighted by molar-refractivity contribution is 5.76. The molecular weight excluding hydrogens is 649 g/mol. The van der Waals surface area contributed by atoms with Crippen LogP contribution < -0.4 is 5.32 Å². The smallest absolute Gasteiger partial charge is 0.222 e. The van der Waals surface area contributed by atoms with Crippen LogP contribution in [0.1, 0.15) is 146 Å². The van der Waals surface area contributed by atoms with E-state index in [9.17, 15) is 15.0 Å². The molecule has 0 aromatic heterocycles. The third-order valence-electron chi connectivity index (χ3n) is 10.8. The molecule has 3 N–H and O–H groups in total. The minimum absolute atomic E-state index is 0.104. The van der Waals surface area contributed by atoms with Crippen molar-refractivity contribution >= 4 is 5.91 Å². The van der Waals surface area contributed by atoms with E-state index in [1.54, 1.807) is 7.11 Å². The number of ether oxygens (including phenoxy) is 2. The Bertz CT molecular complexity index is 1130. The number of rotatable bonds is 30. The quantitative estimate of drug-likeness (QED) is 0.0697. The number of nitrogens with one attached hydrogen (secondary N) is 1. The van der Waals surface area contributed by atoms with Gasteiger partial charge in [0.2, 0.25) is 5.91 Å². The number of nitrogens with zero attached hydrogens (tertiary/aromatic N) is 1. The lowest BCUT2D eigenvalue weighted by Crippen LogP contribution is -2.65. The minimum Gasteiger partial charge on any atom is -0.388 e. The van der Waals surface area contributed by atoms with E-state index in [2.05, 4.69) is 60.8 Å². The van der Waals surface area contributed by atoms with Crippen molar-refractivity contribution < 1.29 is 24.5 Å². The van der Waals surface area contributed by atoms with Gasteiger partial charge in [0, 0.05) is 26.6 Å². The van der Waals surface area contributed by atoms with Gasteiger partial charge in [-0.3, -0.25) is 4.79 Å². The first-order chi connectivity index (χ1) is 25.5. The number of aliphatic hydroxyl groups is 2. The largest absolute Gasteiger partial charge is 0.388 e. The van der Waals surface area contributed by atoms with Gasteiger partial charge < -0.3 is 29.9 Å². The van der Waals surface area contributed by atoms with Gasteiger partial charge in [-0.15, -0.1) is 0 Å². The van der Waals surface area contributed by atoms with E-state index in [0.717, 1.165) is 51.4 Å². The Morgan fingerprint density at radius 1 is 0.673 bits per heavy atom. The number of hydrogen-bond donors (Lipinski definition) is 3. The fraction of sp³-hybridized carbons (Fsp3) is 0.711. The van der Waals surface area contributed by atoms with Crippen molar-refractivity contribution in [2.24, 2.45) is 0 Å². The standard InChI is InChI=1S/C45H74N2O5/c1-3-4-5-6-7-8-9-10-11-12-13-14-15-16-23-34-41(48)47(36-27-25-33-39-30-21-18-22-31-39)37-40-43(49)44(50)42(45(51-2)52-40)46-35-26-24-32-38-28-19-17-20-29-38/h17-22,28-31,40,42-46,49-50H,3-16,23-27,32-37H2,1-2H3/t40-,42-,43-,44-,45+/m1/s1. The topological polar surface area (TPSA) is 91.3 Å². The van der Waals surface area contributed by atoms with Gasteiger partial charge in [-0.1, -0.05) is 157 Å². The number of hydrogen-bond acceptors (Lipinski definition) is 6. The molecule has 0 spiro atoms. The highest BCUT2D eigenvalue weighted by atomic mass is 16.7. The van der Waals surface area contributed by atoms with Gasteiger partial charge >= 0.3 is 0 Å². The second kappa shape index (κ2) is 28.2. The second-order valence-electron chi connectivity index (χ2n) is 15.2. The molecule has 0 unspecified atom stereocenters. The zero-order valence-corrected chi connectivity index (χ0v) is 32.9. The van der Waals surface area contributed by atoms with Crippen molar-refractivity contribution in [2.45, 2.75) is 179 Å². The normalized spacial score (nSPS) is 20.3. The van der Waals surface area contributed by atoms with E-state index >= 15 is 0 Å². The molecule has 0 aliphatic carbocycles. The number of aliphatic hydroxyl groups excluding tert-OH is 2. The fourth-order valence-corrected chi connectivity index (χ4v) is 7.49. The van der Waals surface area contributed by atoms with Crippen LogP contribution >= 0.6 is 0 Å². The van der Waals surface area contributed by atoms with E-state index in [1.807, 2.05) is 17.0 Å². The molecule has 3 rings (SSSR count). The van der Waals surface area contributed by atoms with Crippen LogP contribution in [0.4, 0.5) is 0 Å². The molecule has 0 saturated carbocycles. The first kappa shape index (κ1) is 44.1. The average Bonchev–Trinajstić information content (AvgIpc) is 3.17. The Labute approximate surface area is 317 Å². The molecule has 1 aliphatic rings. The Morgan fingerprint density at radius 3 is 1.69 bits per heavy atom. The van der Waals surface area contributed by atoms with Crippen molar-refractivity contribution in [1.29, 1.82) is 0 Å². The lowest BCUT2D eigenvalue weighted by molar-refractivity contribution is -0.259. The molecule has 1 amide bonds. The van der Waals surface area contributed by atoms with E-state index < -0.39 is 30.6 Å². The lowest BCUT2D eigenvalue weighted by atomic mass is 9.95. The van der Waals surface area contributed by atoms with Crippen molar-refractivity contribution in [2.75, 3.05) is 26.7 Å². The Hall–Kier alpha value is -2.29. The monoisotopic (exact) mass is 723 g/mol. The summed E-state index contributed by atoms with van der Waals surface area (Å²) in [4.78, 5) is 15.5. The SMILES string of the molecule is CCCCCCCCCCCCCCCCCC(=O)N(CCCCc1ccccc1)C[C@H]1O[C@H](OC)[C@H](NCCCCc2ccccc2)[C@@H](O)[C@@H]1O. The Kier molecular flexibility index (Phi) is 23.9. The minimum atomic E-state index is -1.13. The summed E-state index contributed by atoms with van der Waals surface area (Å²) in [6.45, 7) is 3.80. The first-order valence-electron chi connectivity index (χ1n) is 21.2. The lowest BCUT2D eigenvalue weighted by Gasteiger charge is -2.44. The van der Waals surface area contributed by atoms with Crippen LogP contribution in [0.2, 0.25) is 0 Å². The van der Waals surface area contributed by atoms with Crippen LogP contribution in [-0.4, -0.2) is 78.4 Å². The van der Waals surface area contributed by atoms with E-state index in [-0.39, 0.29) is 12.5 Å². The molecular formula is C45H74N2O5. The van der Waals surface area contributed by atoms with Crippen molar-refractivity contribution in [1.82, 2.24) is 10.2 Å². The zero-order valence-electron chi connectivity index (χ0n) is 32.9. The molecule has 1 heterocycles. The third-order valence-corrected chi connectivity index (χ3v) is 10.8. The summed E-state index contributed by atoms with van der Waals surface area (Å²) in [5.74, 6) is 0.104. The predicted molar refractivity (Wildman–Crippen MR) is 214 cm³/mol. The Morgan fingerprint density at radius 2 is 1.17 bits per heavy atom. The maximum Gasteiger partial charge on any atom is 0.222 e. The number of amides is 1. The van der Waals surface area contributed by atoms with Gasteiger partial charge in [0.1, 0.15) is 18.3 Å². The van der Waals surface area contributed by atoms with E-state index in [0.29, 0.717) is 19.5 Å².